The van der Waals surface area contributed by atoms with E-state index in [-0.39, 0.29) is 38.3 Å². The number of carbonyl (C=O) groups excluding carboxylic acids is 2. The fourth-order valence-corrected chi connectivity index (χ4v) is 11.3. The summed E-state index contributed by atoms with van der Waals surface area (Å²) >= 11 is 0. The fourth-order valence-electron chi connectivity index (χ4n) is 11.3. The second-order valence-corrected chi connectivity index (χ2v) is 22.0. The quantitative estimate of drug-likeness (QED) is 0.180. The number of cyclic esters (lactones) is 2. The zero-order valence-corrected chi connectivity index (χ0v) is 44.9. The molecule has 73 heavy (non-hydrogen) atoms. The summed E-state index contributed by atoms with van der Waals surface area (Å²) in [6.07, 6.45) is -5.13. The van der Waals surface area contributed by atoms with Gasteiger partial charge in [0.05, 0.1) is 66.5 Å². The molecule has 5 heterocycles. The van der Waals surface area contributed by atoms with Gasteiger partial charge >= 0.3 is 12.1 Å². The van der Waals surface area contributed by atoms with Crippen LogP contribution >= 0.6 is 0 Å². The Kier molecular flexibility index (Phi) is 19.3. The minimum atomic E-state index is -1.85. The van der Waals surface area contributed by atoms with Crippen molar-refractivity contribution < 1.29 is 72.7 Å². The average Bonchev–Trinajstić information content (AvgIpc) is 3.94. The highest BCUT2D eigenvalue weighted by atomic mass is 19.1. The van der Waals surface area contributed by atoms with Crippen molar-refractivity contribution in [2.45, 2.75) is 198 Å². The first-order valence-corrected chi connectivity index (χ1v) is 25.8. The van der Waals surface area contributed by atoms with E-state index >= 15 is 0 Å². The van der Waals surface area contributed by atoms with Crippen molar-refractivity contribution in [2.24, 2.45) is 17.8 Å². The van der Waals surface area contributed by atoms with E-state index in [0.717, 1.165) is 0 Å². The standard InChI is InChI=1S/C52H83FN6O14/c1-14-40-52(10,66)44(61)33(6)57(12)25-29(2)23-50(8,65)46(31(4)43(32(5)47(63)71-40)72-41-24-51(9,67-13)45(62)34(7)69-41)73-48-42(60)39(21-30(3)68-48)56(11)20-16-18-36-26-58(55-54-36)27-38-28-59(49(64)70-38)37-19-15-17-35(53)22-37/h15-19,22,26,29-34,38-46,48,60-62,65-66H,14,20-21,23-25,27-28H2,1-13H3/t29-,30-,31+,32-,33-,34+,38+,39+,40-,41+,42-,43+,44-,45+,46-,48?,50-,51-,52-/m1/s1. The number of aliphatic hydroxyl groups is 5. The smallest absolute Gasteiger partial charge is 0.414 e. The molecule has 0 spiro atoms. The summed E-state index contributed by atoms with van der Waals surface area (Å²) in [6, 6.07) is 4.68. The molecular formula is C52H83FN6O14. The van der Waals surface area contributed by atoms with Gasteiger partial charge in [-0.1, -0.05) is 38.1 Å². The molecule has 2 aromatic rings. The van der Waals surface area contributed by atoms with Crippen LogP contribution in [0.25, 0.3) is 6.08 Å². The number of methoxy groups -OCH3 is 1. The number of benzene rings is 1. The summed E-state index contributed by atoms with van der Waals surface area (Å²) < 4.78 is 59.1. The summed E-state index contributed by atoms with van der Waals surface area (Å²) in [7, 11) is 5.19. The van der Waals surface area contributed by atoms with Gasteiger partial charge in [0.25, 0.3) is 0 Å². The number of amides is 1. The zero-order valence-electron chi connectivity index (χ0n) is 44.9. The minimum Gasteiger partial charge on any atom is -0.459 e. The van der Waals surface area contributed by atoms with E-state index in [1.807, 2.05) is 43.8 Å². The monoisotopic (exact) mass is 1030 g/mol. The number of hydrogen-bond donors (Lipinski definition) is 5. The summed E-state index contributed by atoms with van der Waals surface area (Å²) in [4.78, 5) is 32.3. The van der Waals surface area contributed by atoms with Crippen molar-refractivity contribution in [3.63, 3.8) is 0 Å². The number of aliphatic hydroxyl groups excluding tert-OH is 3. The number of rotatable bonds is 13. The summed E-state index contributed by atoms with van der Waals surface area (Å²) in [5.41, 5.74) is -3.63. The SMILES string of the molecule is CC[C@H]1OC(=O)[C@H](C)[C@@H](O[C@H]2C[C@@](C)(OC)[C@@H](O)[C@H](C)O2)[C@H](C)[C@@H](OC2O[C@H](C)C[C@H](N(C)CC=Cc3cn(C[C@H]4CN(c5cccc(F)c5)C(=O)O4)nn3)[C@H]2O)[C@](C)(O)C[C@@H](C)CN(C)[C@H](C)[C@@H](O)[C@]1(C)O. The summed E-state index contributed by atoms with van der Waals surface area (Å²) in [5, 5.41) is 68.1. The van der Waals surface area contributed by atoms with Crippen molar-refractivity contribution in [1.82, 2.24) is 24.8 Å². The molecule has 0 saturated carbocycles. The molecule has 20 nitrogen and oxygen atoms in total. The summed E-state index contributed by atoms with van der Waals surface area (Å²) in [5.74, 6) is -3.33. The van der Waals surface area contributed by atoms with Crippen LogP contribution in [0.1, 0.15) is 101 Å². The van der Waals surface area contributed by atoms with E-state index < -0.39 is 126 Å². The minimum absolute atomic E-state index is 0.0836. The Morgan fingerprint density at radius 2 is 1.68 bits per heavy atom. The van der Waals surface area contributed by atoms with E-state index in [4.69, 9.17) is 33.2 Å². The Morgan fingerprint density at radius 1 is 0.973 bits per heavy atom. The Balaban J connectivity index is 1.23. The van der Waals surface area contributed by atoms with Crippen LogP contribution in [0.2, 0.25) is 0 Å². The third-order valence-corrected chi connectivity index (χ3v) is 15.7. The van der Waals surface area contributed by atoms with Crippen LogP contribution in [0, 0.1) is 23.6 Å². The third-order valence-electron chi connectivity index (χ3n) is 15.7. The lowest BCUT2D eigenvalue weighted by atomic mass is 9.77. The maximum absolute atomic E-state index is 14.5. The molecule has 1 aromatic heterocycles. The van der Waals surface area contributed by atoms with Crippen LogP contribution in [-0.2, 0) is 44.5 Å². The molecular weight excluding hydrogens is 952 g/mol. The van der Waals surface area contributed by atoms with Gasteiger partial charge in [0, 0.05) is 44.6 Å². The van der Waals surface area contributed by atoms with Gasteiger partial charge in [-0.05, 0) is 112 Å². The number of ether oxygens (including phenoxy) is 7. The molecule has 19 atom stereocenters. The molecule has 4 fully saturated rings. The van der Waals surface area contributed by atoms with Gasteiger partial charge < -0.3 is 63.6 Å². The molecule has 0 radical (unpaired) electrons. The lowest BCUT2D eigenvalue weighted by Gasteiger charge is -2.49. The number of likely N-dealkylation sites (N-methyl/N-ethyl adjacent to an activating group) is 2. The molecule has 6 rings (SSSR count). The van der Waals surface area contributed by atoms with Crippen LogP contribution in [0.15, 0.2) is 36.5 Å². The molecule has 5 N–H and O–H groups in total. The topological polar surface area (TPSA) is 240 Å². The van der Waals surface area contributed by atoms with Crippen LogP contribution in [0.5, 0.6) is 0 Å². The molecule has 4 saturated heterocycles. The Labute approximate surface area is 429 Å². The second-order valence-electron chi connectivity index (χ2n) is 22.0. The molecule has 4 aliphatic heterocycles. The van der Waals surface area contributed by atoms with Crippen LogP contribution < -0.4 is 4.90 Å². The van der Waals surface area contributed by atoms with E-state index in [9.17, 15) is 39.5 Å². The van der Waals surface area contributed by atoms with Crippen molar-refractivity contribution in [1.29, 1.82) is 0 Å². The molecule has 1 amide bonds. The van der Waals surface area contributed by atoms with Gasteiger partial charge in [0.15, 0.2) is 12.6 Å². The molecule has 4 aliphatic rings. The normalized spacial score (nSPS) is 40.9. The predicted octanol–water partition coefficient (Wildman–Crippen LogP) is 3.74. The maximum atomic E-state index is 14.5. The maximum Gasteiger partial charge on any atom is 0.414 e. The number of anilines is 1. The molecule has 1 unspecified atom stereocenters. The van der Waals surface area contributed by atoms with Crippen LogP contribution in [0.4, 0.5) is 14.9 Å². The van der Waals surface area contributed by atoms with Gasteiger partial charge in [-0.25, -0.2) is 13.9 Å². The highest BCUT2D eigenvalue weighted by molar-refractivity contribution is 5.89. The number of aromatic nitrogens is 3. The number of nitrogens with zero attached hydrogens (tertiary/aromatic N) is 6. The van der Waals surface area contributed by atoms with E-state index in [1.54, 1.807) is 71.5 Å². The lowest BCUT2D eigenvalue weighted by Crippen LogP contribution is -2.60. The number of hydrogen-bond acceptors (Lipinski definition) is 18. The van der Waals surface area contributed by atoms with Crippen molar-refractivity contribution >= 4 is 23.8 Å². The van der Waals surface area contributed by atoms with Gasteiger partial charge in [-0.2, -0.15) is 0 Å². The molecule has 1 aromatic carbocycles. The third kappa shape index (κ3) is 13.6. The first-order valence-electron chi connectivity index (χ1n) is 25.8. The van der Waals surface area contributed by atoms with Gasteiger partial charge in [-0.3, -0.25) is 14.6 Å². The van der Waals surface area contributed by atoms with Gasteiger partial charge in [-0.15, -0.1) is 5.10 Å². The molecule has 0 aliphatic carbocycles. The number of halogens is 1. The first kappa shape index (κ1) is 58.5. The van der Waals surface area contributed by atoms with Crippen molar-refractivity contribution in [2.75, 3.05) is 45.7 Å². The average molecular weight is 1040 g/mol. The van der Waals surface area contributed by atoms with E-state index in [1.165, 1.54) is 37.1 Å². The number of carbonyl (C=O) groups is 2. The predicted molar refractivity (Wildman–Crippen MR) is 266 cm³/mol. The summed E-state index contributed by atoms with van der Waals surface area (Å²) in [6.45, 7) is 18.6. The van der Waals surface area contributed by atoms with Crippen LogP contribution in [0.3, 0.4) is 0 Å². The Hall–Kier alpha value is -3.71. The van der Waals surface area contributed by atoms with Gasteiger partial charge in [0.2, 0.25) is 0 Å². The van der Waals surface area contributed by atoms with E-state index in [2.05, 4.69) is 10.3 Å². The highest BCUT2D eigenvalue weighted by Crippen LogP contribution is 2.40. The first-order chi connectivity index (χ1) is 34.2. The lowest BCUT2D eigenvalue weighted by molar-refractivity contribution is -0.318. The Morgan fingerprint density at radius 3 is 2.36 bits per heavy atom. The van der Waals surface area contributed by atoms with E-state index in [0.29, 0.717) is 30.9 Å². The zero-order chi connectivity index (χ0) is 53.9. The molecule has 0 bridgehead atoms. The molecule has 412 valence electrons. The van der Waals surface area contributed by atoms with Crippen LogP contribution in [-0.4, -0.2) is 200 Å². The largest absolute Gasteiger partial charge is 0.459 e. The fraction of sp³-hybridized carbons (Fsp3) is 0.769. The number of esters is 1. The van der Waals surface area contributed by atoms with Gasteiger partial charge in [0.1, 0.15) is 47.6 Å². The Bertz CT molecular complexity index is 2170. The molecule has 21 heteroatoms. The second kappa shape index (κ2) is 24.1. The van der Waals surface area contributed by atoms with Crippen molar-refractivity contribution in [3.8, 4) is 0 Å². The highest BCUT2D eigenvalue weighted by Gasteiger charge is 2.53. The van der Waals surface area contributed by atoms with Crippen molar-refractivity contribution in [3.05, 3.63) is 48.0 Å².